The van der Waals surface area contributed by atoms with Gasteiger partial charge in [0.05, 0.1) is 12.7 Å². The predicted octanol–water partition coefficient (Wildman–Crippen LogP) is 3.12. The highest BCUT2D eigenvalue weighted by molar-refractivity contribution is 5.37. The average molecular weight is 272 g/mol. The van der Waals surface area contributed by atoms with Crippen LogP contribution in [0.15, 0.2) is 42.5 Å². The maximum absolute atomic E-state index is 9.54. The highest BCUT2D eigenvalue weighted by Crippen LogP contribution is 2.23. The van der Waals surface area contributed by atoms with Gasteiger partial charge in [-0.2, -0.15) is 0 Å². The van der Waals surface area contributed by atoms with Crippen molar-refractivity contribution in [2.45, 2.75) is 33.2 Å². The minimum atomic E-state index is -0.464. The number of rotatable bonds is 5. The molecule has 0 bridgehead atoms. The average Bonchev–Trinajstić information content (AvgIpc) is 2.46. The molecule has 2 aromatic carbocycles. The van der Waals surface area contributed by atoms with Gasteiger partial charge in [0.1, 0.15) is 12.4 Å². The van der Waals surface area contributed by atoms with Crippen molar-refractivity contribution < 1.29 is 14.9 Å². The van der Waals surface area contributed by atoms with Gasteiger partial charge in [-0.25, -0.2) is 0 Å². The fourth-order valence-corrected chi connectivity index (χ4v) is 2.00. The summed E-state index contributed by atoms with van der Waals surface area (Å²) in [7, 11) is 0. The molecule has 2 aromatic rings. The van der Waals surface area contributed by atoms with E-state index in [-0.39, 0.29) is 6.61 Å². The van der Waals surface area contributed by atoms with E-state index in [4.69, 9.17) is 9.84 Å². The molecule has 0 spiro atoms. The molecule has 0 fully saturated rings. The molecule has 0 aliphatic heterocycles. The van der Waals surface area contributed by atoms with Gasteiger partial charge in [-0.05, 0) is 48.2 Å². The van der Waals surface area contributed by atoms with Crippen LogP contribution in [-0.4, -0.2) is 10.2 Å². The first-order valence-corrected chi connectivity index (χ1v) is 6.70. The van der Waals surface area contributed by atoms with Gasteiger partial charge in [-0.15, -0.1) is 0 Å². The van der Waals surface area contributed by atoms with Crippen LogP contribution in [0, 0.1) is 6.92 Å². The zero-order valence-corrected chi connectivity index (χ0v) is 11.8. The molecule has 0 aliphatic carbocycles. The molecule has 0 aromatic heterocycles. The second-order valence-electron chi connectivity index (χ2n) is 4.96. The van der Waals surface area contributed by atoms with Gasteiger partial charge in [0.2, 0.25) is 0 Å². The second-order valence-corrected chi connectivity index (χ2v) is 4.96. The Morgan fingerprint density at radius 2 is 1.70 bits per heavy atom. The van der Waals surface area contributed by atoms with Gasteiger partial charge in [0.25, 0.3) is 0 Å². The van der Waals surface area contributed by atoms with Crippen molar-refractivity contribution in [1.82, 2.24) is 0 Å². The zero-order chi connectivity index (χ0) is 14.5. The Morgan fingerprint density at radius 3 is 2.25 bits per heavy atom. The lowest BCUT2D eigenvalue weighted by molar-refractivity contribution is 0.199. The Labute approximate surface area is 119 Å². The zero-order valence-electron chi connectivity index (χ0n) is 11.8. The first-order chi connectivity index (χ1) is 9.60. The Morgan fingerprint density at radius 1 is 1.05 bits per heavy atom. The molecule has 20 heavy (non-hydrogen) atoms. The molecule has 0 amide bonds. The van der Waals surface area contributed by atoms with Gasteiger partial charge in [-0.3, -0.25) is 0 Å². The Balaban J connectivity index is 2.03. The standard InChI is InChI=1S/C17H20O3/c1-12-9-16(13(2)19)7-8-17(12)20-11-15-5-3-14(10-18)4-6-15/h3-9,13,18-19H,10-11H2,1-2H3/t13-/m0/s1. The molecule has 1 atom stereocenters. The van der Waals surface area contributed by atoms with E-state index in [1.54, 1.807) is 6.92 Å². The molecular weight excluding hydrogens is 252 g/mol. The summed E-state index contributed by atoms with van der Waals surface area (Å²) in [6, 6.07) is 13.4. The maximum atomic E-state index is 9.54. The van der Waals surface area contributed by atoms with E-state index in [9.17, 15) is 5.11 Å². The molecule has 2 rings (SSSR count). The van der Waals surface area contributed by atoms with Crippen LogP contribution in [0.25, 0.3) is 0 Å². The SMILES string of the molecule is Cc1cc([C@H](C)O)ccc1OCc1ccc(CO)cc1. The molecule has 3 nitrogen and oxygen atoms in total. The quantitative estimate of drug-likeness (QED) is 0.879. The number of hydrogen-bond donors (Lipinski definition) is 2. The number of aliphatic hydroxyl groups is 2. The molecule has 2 N–H and O–H groups in total. The van der Waals surface area contributed by atoms with Crippen molar-refractivity contribution in [1.29, 1.82) is 0 Å². The van der Waals surface area contributed by atoms with Gasteiger partial charge in [-0.1, -0.05) is 30.3 Å². The van der Waals surface area contributed by atoms with Crippen LogP contribution < -0.4 is 4.74 Å². The van der Waals surface area contributed by atoms with Crippen LogP contribution in [0.4, 0.5) is 0 Å². The summed E-state index contributed by atoms with van der Waals surface area (Å²) in [6.45, 7) is 4.26. The van der Waals surface area contributed by atoms with Crippen LogP contribution in [0.1, 0.15) is 35.3 Å². The fourth-order valence-electron chi connectivity index (χ4n) is 2.00. The topological polar surface area (TPSA) is 49.7 Å². The molecule has 0 radical (unpaired) electrons. The van der Waals surface area contributed by atoms with E-state index < -0.39 is 6.10 Å². The summed E-state index contributed by atoms with van der Waals surface area (Å²) >= 11 is 0. The first-order valence-electron chi connectivity index (χ1n) is 6.70. The van der Waals surface area contributed by atoms with Crippen LogP contribution in [0.2, 0.25) is 0 Å². The summed E-state index contributed by atoms with van der Waals surface area (Å²) in [5.74, 6) is 0.820. The van der Waals surface area contributed by atoms with Crippen molar-refractivity contribution in [2.75, 3.05) is 0 Å². The molecule has 0 unspecified atom stereocenters. The number of aryl methyl sites for hydroxylation is 1. The van der Waals surface area contributed by atoms with Crippen molar-refractivity contribution in [3.63, 3.8) is 0 Å². The van der Waals surface area contributed by atoms with Crippen molar-refractivity contribution >= 4 is 0 Å². The Bertz CT molecular complexity index is 559. The lowest BCUT2D eigenvalue weighted by Gasteiger charge is -2.12. The second kappa shape index (κ2) is 6.55. The van der Waals surface area contributed by atoms with E-state index in [0.717, 1.165) is 28.0 Å². The van der Waals surface area contributed by atoms with E-state index in [1.807, 2.05) is 49.4 Å². The number of ether oxygens (including phenoxy) is 1. The minimum Gasteiger partial charge on any atom is -0.489 e. The molecule has 0 aliphatic rings. The molecular formula is C17H20O3. The lowest BCUT2D eigenvalue weighted by atomic mass is 10.1. The third-order valence-corrected chi connectivity index (χ3v) is 3.28. The van der Waals surface area contributed by atoms with Crippen LogP contribution in [0.3, 0.4) is 0 Å². The van der Waals surface area contributed by atoms with Crippen molar-refractivity contribution in [3.05, 3.63) is 64.7 Å². The first kappa shape index (κ1) is 14.6. The smallest absolute Gasteiger partial charge is 0.122 e. The van der Waals surface area contributed by atoms with Gasteiger partial charge in [0.15, 0.2) is 0 Å². The lowest BCUT2D eigenvalue weighted by Crippen LogP contribution is -1.99. The number of aliphatic hydroxyl groups excluding tert-OH is 2. The van der Waals surface area contributed by atoms with Crippen LogP contribution in [-0.2, 0) is 13.2 Å². The van der Waals surface area contributed by atoms with Gasteiger partial charge in [0, 0.05) is 0 Å². The summed E-state index contributed by atoms with van der Waals surface area (Å²) in [5.41, 5.74) is 3.85. The monoisotopic (exact) mass is 272 g/mol. The summed E-state index contributed by atoms with van der Waals surface area (Å²) in [5, 5.41) is 18.5. The molecule has 106 valence electrons. The summed E-state index contributed by atoms with van der Waals surface area (Å²) in [4.78, 5) is 0. The van der Waals surface area contributed by atoms with E-state index in [0.29, 0.717) is 6.61 Å². The third kappa shape index (κ3) is 3.59. The van der Waals surface area contributed by atoms with E-state index >= 15 is 0 Å². The van der Waals surface area contributed by atoms with Crippen LogP contribution >= 0.6 is 0 Å². The highest BCUT2D eigenvalue weighted by Gasteiger charge is 2.05. The largest absolute Gasteiger partial charge is 0.489 e. The molecule has 0 saturated heterocycles. The summed E-state index contributed by atoms with van der Waals surface area (Å²) in [6.07, 6.45) is -0.464. The predicted molar refractivity (Wildman–Crippen MR) is 78.5 cm³/mol. The van der Waals surface area contributed by atoms with Gasteiger partial charge < -0.3 is 14.9 Å². The highest BCUT2D eigenvalue weighted by atomic mass is 16.5. The summed E-state index contributed by atoms with van der Waals surface area (Å²) < 4.78 is 5.79. The molecule has 0 heterocycles. The van der Waals surface area contributed by atoms with Crippen molar-refractivity contribution in [2.24, 2.45) is 0 Å². The number of hydrogen-bond acceptors (Lipinski definition) is 3. The molecule has 0 saturated carbocycles. The fraction of sp³-hybridized carbons (Fsp3) is 0.294. The Kier molecular flexibility index (Phi) is 4.77. The normalized spacial score (nSPS) is 12.2. The van der Waals surface area contributed by atoms with Crippen molar-refractivity contribution in [3.8, 4) is 5.75 Å². The van der Waals surface area contributed by atoms with E-state index in [1.165, 1.54) is 0 Å². The third-order valence-electron chi connectivity index (χ3n) is 3.28. The number of benzene rings is 2. The van der Waals surface area contributed by atoms with E-state index in [2.05, 4.69) is 0 Å². The van der Waals surface area contributed by atoms with Gasteiger partial charge >= 0.3 is 0 Å². The Hall–Kier alpha value is -1.84. The maximum Gasteiger partial charge on any atom is 0.122 e. The molecule has 3 heteroatoms. The van der Waals surface area contributed by atoms with Crippen LogP contribution in [0.5, 0.6) is 5.75 Å². The minimum absolute atomic E-state index is 0.0566.